The van der Waals surface area contributed by atoms with Crippen molar-refractivity contribution in [3.63, 3.8) is 0 Å². The Morgan fingerprint density at radius 3 is 2.36 bits per heavy atom. The molecule has 0 fully saturated rings. The van der Waals surface area contributed by atoms with E-state index in [4.69, 9.17) is 9.84 Å². The average Bonchev–Trinajstić information content (AvgIpc) is 3.07. The highest BCUT2D eigenvalue weighted by Gasteiger charge is 2.22. The second kappa shape index (κ2) is 6.44. The van der Waals surface area contributed by atoms with E-state index in [1.807, 2.05) is 0 Å². The first kappa shape index (κ1) is 16.2. The molecule has 2 N–H and O–H groups in total. The summed E-state index contributed by atoms with van der Waals surface area (Å²) in [5.74, 6) is -1.71. The van der Waals surface area contributed by atoms with Gasteiger partial charge >= 0.3 is 11.9 Å². The number of carboxylic acid groups (broad SMARTS) is 2. The van der Waals surface area contributed by atoms with Crippen LogP contribution in [-0.4, -0.2) is 44.3 Å². The molecule has 0 amide bonds. The smallest absolute Gasteiger partial charge is 0.358 e. The summed E-state index contributed by atoms with van der Waals surface area (Å²) in [7, 11) is 1.51. The van der Waals surface area contributed by atoms with Crippen molar-refractivity contribution >= 4 is 11.9 Å². The van der Waals surface area contributed by atoms with Crippen molar-refractivity contribution in [3.8, 4) is 22.7 Å². The number of hydrogen-bond acceptors (Lipinski definition) is 5. The summed E-state index contributed by atoms with van der Waals surface area (Å²) in [6, 6.07) is 12.7. The van der Waals surface area contributed by atoms with Gasteiger partial charge in [-0.05, 0) is 36.4 Å². The molecule has 0 radical (unpaired) electrons. The molecule has 3 rings (SSSR count). The fraction of sp³-hybridized carbons (Fsp3) is 0.0588. The Kier molecular flexibility index (Phi) is 4.17. The lowest BCUT2D eigenvalue weighted by atomic mass is 10.1. The summed E-state index contributed by atoms with van der Waals surface area (Å²) in [6.07, 6.45) is 0. The van der Waals surface area contributed by atoms with Gasteiger partial charge in [-0.2, -0.15) is 0 Å². The molecule has 0 spiro atoms. The zero-order chi connectivity index (χ0) is 18.0. The van der Waals surface area contributed by atoms with E-state index < -0.39 is 11.9 Å². The van der Waals surface area contributed by atoms with Crippen molar-refractivity contribution < 1.29 is 24.5 Å². The molecule has 0 atom stereocenters. The molecule has 3 aromatic rings. The van der Waals surface area contributed by atoms with Gasteiger partial charge in [-0.25, -0.2) is 14.3 Å². The van der Waals surface area contributed by atoms with Gasteiger partial charge in [0.1, 0.15) is 11.4 Å². The minimum Gasteiger partial charge on any atom is -0.497 e. The van der Waals surface area contributed by atoms with Crippen LogP contribution >= 0.6 is 0 Å². The summed E-state index contributed by atoms with van der Waals surface area (Å²) in [4.78, 5) is 22.5. The molecule has 0 saturated carbocycles. The van der Waals surface area contributed by atoms with E-state index in [1.165, 1.54) is 36.1 Å². The molecule has 0 unspecified atom stereocenters. The van der Waals surface area contributed by atoms with Crippen LogP contribution in [-0.2, 0) is 0 Å². The van der Waals surface area contributed by atoms with Gasteiger partial charge in [0.2, 0.25) is 0 Å². The lowest BCUT2D eigenvalue weighted by Crippen LogP contribution is -2.04. The molecule has 0 bridgehead atoms. The van der Waals surface area contributed by atoms with E-state index in [0.717, 1.165) is 0 Å². The van der Waals surface area contributed by atoms with Gasteiger partial charge < -0.3 is 14.9 Å². The highest BCUT2D eigenvalue weighted by atomic mass is 16.5. The van der Waals surface area contributed by atoms with Crippen LogP contribution in [0.4, 0.5) is 0 Å². The van der Waals surface area contributed by atoms with Crippen molar-refractivity contribution in [2.24, 2.45) is 0 Å². The summed E-state index contributed by atoms with van der Waals surface area (Å²) in [5.41, 5.74) is 1.22. The van der Waals surface area contributed by atoms with Crippen LogP contribution in [0.25, 0.3) is 16.9 Å². The third kappa shape index (κ3) is 3.05. The highest BCUT2D eigenvalue weighted by Crippen LogP contribution is 2.28. The lowest BCUT2D eigenvalue weighted by Gasteiger charge is -2.09. The maximum absolute atomic E-state index is 11.5. The minimum atomic E-state index is -1.22. The standard InChI is InChI=1S/C17H13N3O5/c1-25-13-4-2-3-11(9-13)15-14(17(23)24)18-19-20(15)12-7-5-10(6-8-12)16(21)22/h2-9H,1H3,(H,21,22)(H,23,24). The number of ether oxygens (including phenoxy) is 1. The maximum atomic E-state index is 11.5. The lowest BCUT2D eigenvalue weighted by molar-refractivity contribution is 0.0683. The molecule has 0 saturated heterocycles. The van der Waals surface area contributed by atoms with Gasteiger partial charge in [-0.1, -0.05) is 17.3 Å². The van der Waals surface area contributed by atoms with Crippen LogP contribution in [0.15, 0.2) is 48.5 Å². The Labute approximate surface area is 141 Å². The second-order valence-corrected chi connectivity index (χ2v) is 5.09. The van der Waals surface area contributed by atoms with E-state index >= 15 is 0 Å². The molecule has 0 aliphatic heterocycles. The number of methoxy groups -OCH3 is 1. The summed E-state index contributed by atoms with van der Waals surface area (Å²) >= 11 is 0. The third-order valence-corrected chi connectivity index (χ3v) is 3.57. The molecule has 0 aliphatic carbocycles. The predicted molar refractivity (Wildman–Crippen MR) is 87.3 cm³/mol. The van der Waals surface area contributed by atoms with Gasteiger partial charge in [0.15, 0.2) is 5.69 Å². The van der Waals surface area contributed by atoms with Gasteiger partial charge in [0.05, 0.1) is 18.4 Å². The van der Waals surface area contributed by atoms with Crippen LogP contribution in [0.2, 0.25) is 0 Å². The number of aromatic carboxylic acids is 2. The van der Waals surface area contributed by atoms with E-state index in [1.54, 1.807) is 24.3 Å². The van der Waals surface area contributed by atoms with Crippen molar-refractivity contribution in [2.75, 3.05) is 7.11 Å². The Hall–Kier alpha value is -3.68. The monoisotopic (exact) mass is 339 g/mol. The molecule has 0 aliphatic rings. The molecule has 25 heavy (non-hydrogen) atoms. The van der Waals surface area contributed by atoms with Gasteiger partial charge in [-0.15, -0.1) is 5.10 Å². The number of carboxylic acids is 2. The Balaban J connectivity index is 2.17. The Morgan fingerprint density at radius 1 is 1.04 bits per heavy atom. The highest BCUT2D eigenvalue weighted by molar-refractivity contribution is 5.93. The molecule has 8 heteroatoms. The van der Waals surface area contributed by atoms with Crippen molar-refractivity contribution in [1.29, 1.82) is 0 Å². The topological polar surface area (TPSA) is 115 Å². The number of nitrogens with zero attached hydrogens (tertiary/aromatic N) is 3. The van der Waals surface area contributed by atoms with Crippen molar-refractivity contribution in [3.05, 3.63) is 59.8 Å². The normalized spacial score (nSPS) is 10.4. The number of rotatable bonds is 5. The van der Waals surface area contributed by atoms with E-state index in [9.17, 15) is 14.7 Å². The molecule has 126 valence electrons. The van der Waals surface area contributed by atoms with Gasteiger partial charge in [0.25, 0.3) is 0 Å². The van der Waals surface area contributed by atoms with E-state index in [-0.39, 0.29) is 17.0 Å². The van der Waals surface area contributed by atoms with Crippen molar-refractivity contribution in [1.82, 2.24) is 15.0 Å². The second-order valence-electron chi connectivity index (χ2n) is 5.09. The Bertz CT molecular complexity index is 947. The van der Waals surface area contributed by atoms with Crippen LogP contribution in [0.1, 0.15) is 20.8 Å². The summed E-state index contributed by atoms with van der Waals surface area (Å²) < 4.78 is 6.53. The molecule has 1 aromatic heterocycles. The van der Waals surface area contributed by atoms with E-state index in [2.05, 4.69) is 10.3 Å². The summed E-state index contributed by atoms with van der Waals surface area (Å²) in [6.45, 7) is 0. The number of carbonyl (C=O) groups is 2. The van der Waals surface area contributed by atoms with Crippen LogP contribution in [0.5, 0.6) is 5.75 Å². The largest absolute Gasteiger partial charge is 0.497 e. The predicted octanol–water partition coefficient (Wildman–Crippen LogP) is 2.34. The zero-order valence-electron chi connectivity index (χ0n) is 13.1. The minimum absolute atomic E-state index is 0.116. The molecule has 1 heterocycles. The van der Waals surface area contributed by atoms with Crippen molar-refractivity contribution in [2.45, 2.75) is 0 Å². The number of benzene rings is 2. The fourth-order valence-electron chi connectivity index (χ4n) is 2.38. The average molecular weight is 339 g/mol. The molecular weight excluding hydrogens is 326 g/mol. The van der Waals surface area contributed by atoms with Gasteiger partial charge in [0, 0.05) is 5.56 Å². The number of hydrogen-bond donors (Lipinski definition) is 2. The van der Waals surface area contributed by atoms with Crippen LogP contribution < -0.4 is 4.74 Å². The van der Waals surface area contributed by atoms with Crippen LogP contribution in [0, 0.1) is 0 Å². The third-order valence-electron chi connectivity index (χ3n) is 3.57. The maximum Gasteiger partial charge on any atom is 0.358 e. The first-order valence-electron chi connectivity index (χ1n) is 7.18. The van der Waals surface area contributed by atoms with Gasteiger partial charge in [-0.3, -0.25) is 0 Å². The number of aromatic nitrogens is 3. The SMILES string of the molecule is COc1cccc(-c2c(C(=O)O)nnn2-c2ccc(C(=O)O)cc2)c1. The quantitative estimate of drug-likeness (QED) is 0.733. The first-order valence-corrected chi connectivity index (χ1v) is 7.18. The summed E-state index contributed by atoms with van der Waals surface area (Å²) in [5, 5.41) is 26.0. The first-order chi connectivity index (χ1) is 12.0. The Morgan fingerprint density at radius 2 is 1.76 bits per heavy atom. The molecular formula is C17H13N3O5. The molecule has 2 aromatic carbocycles. The van der Waals surface area contributed by atoms with Crippen LogP contribution in [0.3, 0.4) is 0 Å². The molecule has 8 nitrogen and oxygen atoms in total. The van der Waals surface area contributed by atoms with E-state index in [0.29, 0.717) is 17.0 Å². The fourth-order valence-corrected chi connectivity index (χ4v) is 2.38. The zero-order valence-corrected chi connectivity index (χ0v) is 13.1.